The summed E-state index contributed by atoms with van der Waals surface area (Å²) in [5, 5.41) is 4.75. The van der Waals surface area contributed by atoms with E-state index in [1.54, 1.807) is 0 Å². The van der Waals surface area contributed by atoms with Gasteiger partial charge in [0.2, 0.25) is 0 Å². The van der Waals surface area contributed by atoms with Crippen LogP contribution in [0.25, 0.3) is 54.9 Å². The molecule has 2 nitrogen and oxygen atoms in total. The average molecular weight is 575 g/mol. The fraction of sp³-hybridized carbons (Fsp3) is 0. The van der Waals surface area contributed by atoms with Crippen molar-refractivity contribution in [2.45, 2.75) is 0 Å². The van der Waals surface area contributed by atoms with E-state index in [2.05, 4.69) is 175 Å². The van der Waals surface area contributed by atoms with Crippen molar-refractivity contribution in [2.24, 2.45) is 0 Å². The van der Waals surface area contributed by atoms with Crippen LogP contribution in [0.1, 0.15) is 0 Å². The first kappa shape index (κ1) is 26.6. The molecule has 1 heterocycles. The van der Waals surface area contributed by atoms with Crippen molar-refractivity contribution in [1.82, 2.24) is 4.98 Å². The number of benzene rings is 7. The third-order valence-corrected chi connectivity index (χ3v) is 8.50. The fourth-order valence-corrected chi connectivity index (χ4v) is 6.52. The summed E-state index contributed by atoms with van der Waals surface area (Å²) in [6.45, 7) is 0. The van der Waals surface area contributed by atoms with Crippen molar-refractivity contribution in [3.8, 4) is 33.4 Å². The van der Waals surface area contributed by atoms with Crippen molar-refractivity contribution in [1.29, 1.82) is 0 Å². The van der Waals surface area contributed by atoms with E-state index in [1.165, 1.54) is 49.4 Å². The number of rotatable bonds is 6. The number of nitrogens with zero attached hydrogens (tertiary/aromatic N) is 2. The van der Waals surface area contributed by atoms with Gasteiger partial charge in [0, 0.05) is 22.7 Å². The molecule has 0 spiro atoms. The predicted molar refractivity (Wildman–Crippen MR) is 190 cm³/mol. The Balaban J connectivity index is 1.46. The van der Waals surface area contributed by atoms with E-state index in [4.69, 9.17) is 4.98 Å². The lowest BCUT2D eigenvalue weighted by molar-refractivity contribution is 1.19. The number of hydrogen-bond donors (Lipinski definition) is 0. The first-order chi connectivity index (χ1) is 22.4. The summed E-state index contributed by atoms with van der Waals surface area (Å²) in [4.78, 5) is 7.23. The van der Waals surface area contributed by atoms with Crippen LogP contribution in [0.15, 0.2) is 182 Å². The van der Waals surface area contributed by atoms with E-state index in [0.29, 0.717) is 0 Å². The van der Waals surface area contributed by atoms with Crippen molar-refractivity contribution in [3.63, 3.8) is 0 Å². The highest BCUT2D eigenvalue weighted by Crippen LogP contribution is 2.49. The quantitative estimate of drug-likeness (QED) is 0.184. The van der Waals surface area contributed by atoms with Crippen LogP contribution in [0, 0.1) is 0 Å². The predicted octanol–water partition coefficient (Wildman–Crippen LogP) is 11.9. The van der Waals surface area contributed by atoms with Crippen molar-refractivity contribution >= 4 is 38.7 Å². The molecule has 0 aliphatic heterocycles. The Morgan fingerprint density at radius 2 is 0.911 bits per heavy atom. The largest absolute Gasteiger partial charge is 0.294 e. The Hall–Kier alpha value is -5.99. The number of fused-ring (bicyclic) bond motifs is 2. The molecule has 212 valence electrons. The molecule has 7 aromatic carbocycles. The topological polar surface area (TPSA) is 16.1 Å². The van der Waals surface area contributed by atoms with Crippen LogP contribution >= 0.6 is 0 Å². The van der Waals surface area contributed by atoms with Crippen LogP contribution in [0.5, 0.6) is 0 Å². The number of pyridine rings is 1. The molecular weight excluding hydrogens is 544 g/mol. The molecule has 0 saturated carbocycles. The number of anilines is 3. The molecule has 1 aromatic heterocycles. The summed E-state index contributed by atoms with van der Waals surface area (Å²) in [5.74, 6) is 0.871. The van der Waals surface area contributed by atoms with Gasteiger partial charge in [0.15, 0.2) is 0 Å². The maximum atomic E-state index is 4.91. The van der Waals surface area contributed by atoms with E-state index >= 15 is 0 Å². The standard InChI is InChI=1S/C43H30N2/c1-3-16-31(17-4-1)33-20-15-21-34(30-33)45(41-28-13-14-29-44-41)43-39-26-11-9-24-37(39)42(38-25-10-12-27-40(38)43)36-23-8-7-22-35(36)32-18-5-2-6-19-32/h1-30H. The van der Waals surface area contributed by atoms with Crippen molar-refractivity contribution < 1.29 is 0 Å². The van der Waals surface area contributed by atoms with Gasteiger partial charge < -0.3 is 0 Å². The molecule has 0 saturated heterocycles. The SMILES string of the molecule is c1ccc(-c2cccc(N(c3ccccn3)c3c4ccccc4c(-c4ccccc4-c4ccccc4)c4ccccc34)c2)cc1. The van der Waals surface area contributed by atoms with Gasteiger partial charge in [-0.2, -0.15) is 0 Å². The van der Waals surface area contributed by atoms with Crippen LogP contribution in [0.4, 0.5) is 17.2 Å². The van der Waals surface area contributed by atoms with Crippen molar-refractivity contribution in [3.05, 3.63) is 182 Å². The van der Waals surface area contributed by atoms with Gasteiger partial charge in [-0.1, -0.05) is 152 Å². The van der Waals surface area contributed by atoms with Gasteiger partial charge in [-0.05, 0) is 68.4 Å². The van der Waals surface area contributed by atoms with Crippen LogP contribution in [0.3, 0.4) is 0 Å². The molecule has 0 bridgehead atoms. The molecule has 8 rings (SSSR count). The summed E-state index contributed by atoms with van der Waals surface area (Å²) in [6, 6.07) is 62.5. The normalized spacial score (nSPS) is 11.1. The van der Waals surface area contributed by atoms with Crippen LogP contribution in [-0.2, 0) is 0 Å². The van der Waals surface area contributed by atoms with Gasteiger partial charge in [0.25, 0.3) is 0 Å². The highest BCUT2D eigenvalue weighted by atomic mass is 15.2. The van der Waals surface area contributed by atoms with Crippen molar-refractivity contribution in [2.75, 3.05) is 4.90 Å². The molecular formula is C43H30N2. The molecule has 0 radical (unpaired) electrons. The van der Waals surface area contributed by atoms with Gasteiger partial charge in [-0.3, -0.25) is 4.90 Å². The Morgan fingerprint density at radius 1 is 0.378 bits per heavy atom. The lowest BCUT2D eigenvalue weighted by atomic mass is 9.86. The van der Waals surface area contributed by atoms with Crippen LogP contribution in [-0.4, -0.2) is 4.98 Å². The third-order valence-electron chi connectivity index (χ3n) is 8.50. The molecule has 0 amide bonds. The molecule has 2 heteroatoms. The first-order valence-corrected chi connectivity index (χ1v) is 15.3. The second-order valence-corrected chi connectivity index (χ2v) is 11.2. The lowest BCUT2D eigenvalue weighted by Gasteiger charge is -2.29. The van der Waals surface area contributed by atoms with E-state index in [-0.39, 0.29) is 0 Å². The molecule has 0 unspecified atom stereocenters. The molecule has 0 aliphatic carbocycles. The minimum atomic E-state index is 0.871. The van der Waals surface area contributed by atoms with Gasteiger partial charge >= 0.3 is 0 Å². The zero-order chi connectivity index (χ0) is 30.0. The molecule has 8 aromatic rings. The zero-order valence-electron chi connectivity index (χ0n) is 24.7. The van der Waals surface area contributed by atoms with E-state index < -0.39 is 0 Å². The molecule has 0 aliphatic rings. The minimum Gasteiger partial charge on any atom is -0.294 e. The number of hydrogen-bond acceptors (Lipinski definition) is 2. The van der Waals surface area contributed by atoms with E-state index in [0.717, 1.165) is 22.8 Å². The fourth-order valence-electron chi connectivity index (χ4n) is 6.52. The molecule has 0 atom stereocenters. The second-order valence-electron chi connectivity index (χ2n) is 11.2. The molecule has 45 heavy (non-hydrogen) atoms. The first-order valence-electron chi connectivity index (χ1n) is 15.3. The molecule has 0 N–H and O–H groups in total. The summed E-state index contributed by atoms with van der Waals surface area (Å²) in [6.07, 6.45) is 1.87. The summed E-state index contributed by atoms with van der Waals surface area (Å²) < 4.78 is 0. The highest BCUT2D eigenvalue weighted by molar-refractivity contribution is 6.23. The lowest BCUT2D eigenvalue weighted by Crippen LogP contribution is -2.13. The Morgan fingerprint density at radius 3 is 1.56 bits per heavy atom. The highest BCUT2D eigenvalue weighted by Gasteiger charge is 2.23. The van der Waals surface area contributed by atoms with E-state index in [9.17, 15) is 0 Å². The summed E-state index contributed by atoms with van der Waals surface area (Å²) in [7, 11) is 0. The monoisotopic (exact) mass is 574 g/mol. The van der Waals surface area contributed by atoms with Gasteiger partial charge in [0.05, 0.1) is 5.69 Å². The molecule has 0 fully saturated rings. The summed E-state index contributed by atoms with van der Waals surface area (Å²) in [5.41, 5.74) is 9.41. The van der Waals surface area contributed by atoms with Gasteiger partial charge in [-0.25, -0.2) is 4.98 Å². The Bertz CT molecular complexity index is 2200. The van der Waals surface area contributed by atoms with E-state index in [1.807, 2.05) is 12.3 Å². The van der Waals surface area contributed by atoms with Gasteiger partial charge in [0.1, 0.15) is 5.82 Å². The van der Waals surface area contributed by atoms with Crippen LogP contribution in [0.2, 0.25) is 0 Å². The smallest absolute Gasteiger partial charge is 0.137 e. The average Bonchev–Trinajstić information content (AvgIpc) is 3.13. The minimum absolute atomic E-state index is 0.871. The second kappa shape index (κ2) is 11.6. The maximum absolute atomic E-state index is 4.91. The van der Waals surface area contributed by atoms with Gasteiger partial charge in [-0.15, -0.1) is 0 Å². The Labute approximate surface area is 263 Å². The number of aromatic nitrogens is 1. The third kappa shape index (κ3) is 4.83. The Kier molecular flexibility index (Phi) is 6.86. The zero-order valence-corrected chi connectivity index (χ0v) is 24.7. The summed E-state index contributed by atoms with van der Waals surface area (Å²) >= 11 is 0. The maximum Gasteiger partial charge on any atom is 0.137 e. The van der Waals surface area contributed by atoms with Crippen LogP contribution < -0.4 is 4.90 Å².